The quantitative estimate of drug-likeness (QED) is 0.0750. The Morgan fingerprint density at radius 2 is 0.735 bits per heavy atom. The molecule has 0 fully saturated rings. The molecule has 0 atom stereocenters. The van der Waals surface area contributed by atoms with Crippen LogP contribution in [0.3, 0.4) is 0 Å². The highest BCUT2D eigenvalue weighted by molar-refractivity contribution is 6.64. The molecule has 0 saturated carbocycles. The molecule has 0 unspecified atom stereocenters. The number of anilines is 2. The number of nitrogens with one attached hydrogen (secondary N) is 2. The van der Waals surface area contributed by atoms with E-state index in [1.807, 2.05) is 170 Å². The minimum Gasteiger partial charge on any atom is -0.532 e. The summed E-state index contributed by atoms with van der Waals surface area (Å²) in [7, 11) is -1.47. The molecular weight excluding hydrogens is 610 g/mol. The van der Waals surface area contributed by atoms with Crippen molar-refractivity contribution in [1.29, 1.82) is 0 Å². The van der Waals surface area contributed by atoms with Crippen LogP contribution in [0.2, 0.25) is 0 Å². The fraction of sp³-hybridized carbons (Fsp3) is 0.100. The Kier molecular flexibility index (Phi) is 12.3. The number of hydrogen-bond acceptors (Lipinski definition) is 7. The van der Waals surface area contributed by atoms with E-state index >= 15 is 0 Å². The molecule has 0 aliphatic carbocycles. The zero-order chi connectivity index (χ0) is 33.4. The fourth-order valence-electron chi connectivity index (χ4n) is 5.11. The monoisotopic (exact) mass is 648 g/mol. The summed E-state index contributed by atoms with van der Waals surface area (Å²) in [5, 5.41) is 6.79. The first-order valence-electron chi connectivity index (χ1n) is 16.4. The molecule has 9 heteroatoms. The molecule has 0 spiro atoms. The van der Waals surface area contributed by atoms with Gasteiger partial charge in [-0.3, -0.25) is 0 Å². The van der Waals surface area contributed by atoms with Crippen LogP contribution in [0.25, 0.3) is 0 Å². The van der Waals surface area contributed by atoms with Gasteiger partial charge < -0.3 is 34.0 Å². The second-order valence-electron chi connectivity index (χ2n) is 11.0. The van der Waals surface area contributed by atoms with Gasteiger partial charge in [-0.1, -0.05) is 109 Å². The smallest absolute Gasteiger partial charge is 0.532 e. The Hall–Kier alpha value is -5.63. The summed E-state index contributed by atoms with van der Waals surface area (Å²) < 4.78 is 32.2. The van der Waals surface area contributed by atoms with Gasteiger partial charge in [0.05, 0.1) is 13.2 Å². The van der Waals surface area contributed by atoms with E-state index in [0.29, 0.717) is 49.3 Å². The average molecular weight is 648 g/mol. The molecule has 0 aliphatic rings. The van der Waals surface area contributed by atoms with Crippen LogP contribution >= 0.6 is 0 Å². The molecule has 0 bridgehead atoms. The Labute approximate surface area is 289 Å². The molecule has 0 saturated heterocycles. The van der Waals surface area contributed by atoms with Crippen molar-refractivity contribution >= 4 is 36.5 Å². The van der Waals surface area contributed by atoms with Crippen LogP contribution in [-0.4, -0.2) is 40.5 Å². The van der Waals surface area contributed by atoms with Crippen LogP contribution in [0.1, 0.15) is 0 Å². The summed E-state index contributed by atoms with van der Waals surface area (Å²) in [6, 6.07) is 54.9. The lowest BCUT2D eigenvalue weighted by molar-refractivity contribution is 0.286. The summed E-state index contributed by atoms with van der Waals surface area (Å²) in [5.74, 6) is 2.56. The van der Waals surface area contributed by atoms with Crippen molar-refractivity contribution in [2.75, 3.05) is 36.9 Å². The van der Waals surface area contributed by atoms with Gasteiger partial charge in [0.2, 0.25) is 0 Å². The van der Waals surface area contributed by atoms with Gasteiger partial charge in [-0.05, 0) is 60.7 Å². The molecule has 244 valence electrons. The van der Waals surface area contributed by atoms with E-state index in [-0.39, 0.29) is 0 Å². The van der Waals surface area contributed by atoms with Gasteiger partial charge in [-0.2, -0.15) is 0 Å². The SMILES string of the molecule is c1ccc(NCCOB(Oc2ccccc2)c2ccccc2Oc2ccccc2B(OCCNc2ccccc2)Oc2ccccc2)cc1. The van der Waals surface area contributed by atoms with Crippen molar-refractivity contribution in [1.82, 2.24) is 0 Å². The molecular formula is C40H38B2N2O5. The Balaban J connectivity index is 1.22. The van der Waals surface area contributed by atoms with E-state index in [2.05, 4.69) is 10.6 Å². The van der Waals surface area contributed by atoms with Crippen molar-refractivity contribution < 1.29 is 23.4 Å². The normalized spacial score (nSPS) is 10.5. The summed E-state index contributed by atoms with van der Waals surface area (Å²) in [4.78, 5) is 0. The van der Waals surface area contributed by atoms with Gasteiger partial charge in [0, 0.05) is 35.4 Å². The first-order chi connectivity index (χ1) is 24.3. The average Bonchev–Trinajstić information content (AvgIpc) is 3.16. The first kappa shape index (κ1) is 33.3. The van der Waals surface area contributed by atoms with Crippen LogP contribution in [0.5, 0.6) is 23.0 Å². The van der Waals surface area contributed by atoms with Crippen molar-refractivity contribution in [3.05, 3.63) is 170 Å². The molecule has 6 aromatic carbocycles. The second-order valence-corrected chi connectivity index (χ2v) is 11.0. The minimum atomic E-state index is -0.736. The minimum absolute atomic E-state index is 0.398. The third-order valence-corrected chi connectivity index (χ3v) is 7.49. The maximum Gasteiger partial charge on any atom is 0.566 e. The molecule has 0 heterocycles. The lowest BCUT2D eigenvalue weighted by Crippen LogP contribution is -2.43. The summed E-state index contributed by atoms with van der Waals surface area (Å²) >= 11 is 0. The lowest BCUT2D eigenvalue weighted by Gasteiger charge is -2.21. The number of benzene rings is 6. The van der Waals surface area contributed by atoms with E-state index in [1.54, 1.807) is 0 Å². The molecule has 6 aromatic rings. The zero-order valence-electron chi connectivity index (χ0n) is 27.2. The Bertz CT molecular complexity index is 1680. The highest BCUT2D eigenvalue weighted by Gasteiger charge is 2.31. The molecule has 2 N–H and O–H groups in total. The second kappa shape index (κ2) is 18.1. The van der Waals surface area contributed by atoms with E-state index in [1.165, 1.54) is 0 Å². The topological polar surface area (TPSA) is 70.2 Å². The third kappa shape index (κ3) is 10.2. The van der Waals surface area contributed by atoms with Crippen molar-refractivity contribution in [3.8, 4) is 23.0 Å². The van der Waals surface area contributed by atoms with E-state index in [0.717, 1.165) is 22.3 Å². The standard InChI is InChI=1S/C40H38B2N2O5/c1-5-17-33(18-6-1)43-29-31-45-41(48-35-21-9-3-10-22-35)37-25-13-15-27-39(37)47-40-28-16-14-26-38(40)42(49-36-23-11-4-12-24-36)46-32-30-44-34-19-7-2-8-20-34/h1-28,43-44H,29-32H2. The molecule has 49 heavy (non-hydrogen) atoms. The maximum atomic E-state index is 6.68. The molecule has 0 aliphatic heterocycles. The zero-order valence-corrected chi connectivity index (χ0v) is 27.2. The van der Waals surface area contributed by atoms with Crippen molar-refractivity contribution in [3.63, 3.8) is 0 Å². The van der Waals surface area contributed by atoms with Crippen molar-refractivity contribution in [2.45, 2.75) is 0 Å². The summed E-state index contributed by atoms with van der Waals surface area (Å²) in [6.45, 7) is 1.99. The van der Waals surface area contributed by atoms with Crippen LogP contribution in [0.4, 0.5) is 11.4 Å². The first-order valence-corrected chi connectivity index (χ1v) is 16.4. The molecule has 7 nitrogen and oxygen atoms in total. The highest BCUT2D eigenvalue weighted by Crippen LogP contribution is 2.22. The highest BCUT2D eigenvalue weighted by atomic mass is 16.6. The molecule has 0 amide bonds. The summed E-state index contributed by atoms with van der Waals surface area (Å²) in [5.41, 5.74) is 3.54. The third-order valence-electron chi connectivity index (χ3n) is 7.49. The number of hydrogen-bond donors (Lipinski definition) is 2. The number of rotatable bonds is 18. The van der Waals surface area contributed by atoms with Crippen LogP contribution < -0.4 is 35.6 Å². The van der Waals surface area contributed by atoms with Gasteiger partial charge in [-0.25, -0.2) is 0 Å². The largest absolute Gasteiger partial charge is 0.566 e. The van der Waals surface area contributed by atoms with Crippen LogP contribution in [-0.2, 0) is 9.31 Å². The summed E-state index contributed by atoms with van der Waals surface area (Å²) in [6.07, 6.45) is 0. The van der Waals surface area contributed by atoms with Crippen LogP contribution in [0, 0.1) is 0 Å². The maximum absolute atomic E-state index is 6.68. The molecule has 0 aromatic heterocycles. The van der Waals surface area contributed by atoms with E-state index in [9.17, 15) is 0 Å². The number of para-hydroxylation sites is 6. The number of ether oxygens (including phenoxy) is 1. The van der Waals surface area contributed by atoms with Gasteiger partial charge >= 0.3 is 14.2 Å². The van der Waals surface area contributed by atoms with E-state index < -0.39 is 14.2 Å². The van der Waals surface area contributed by atoms with Gasteiger partial charge in [0.25, 0.3) is 0 Å². The predicted octanol–water partition coefficient (Wildman–Crippen LogP) is 7.28. The van der Waals surface area contributed by atoms with Crippen molar-refractivity contribution in [2.24, 2.45) is 0 Å². The predicted molar refractivity (Wildman–Crippen MR) is 200 cm³/mol. The fourth-order valence-corrected chi connectivity index (χ4v) is 5.11. The van der Waals surface area contributed by atoms with E-state index in [4.69, 9.17) is 23.4 Å². The Morgan fingerprint density at radius 1 is 0.388 bits per heavy atom. The molecule has 0 radical (unpaired) electrons. The molecule has 6 rings (SSSR count). The van der Waals surface area contributed by atoms with Gasteiger partial charge in [0.15, 0.2) is 0 Å². The Morgan fingerprint density at radius 3 is 1.14 bits per heavy atom. The van der Waals surface area contributed by atoms with Crippen LogP contribution in [0.15, 0.2) is 170 Å². The van der Waals surface area contributed by atoms with Gasteiger partial charge in [-0.15, -0.1) is 0 Å². The van der Waals surface area contributed by atoms with Gasteiger partial charge in [0.1, 0.15) is 23.0 Å². The lowest BCUT2D eigenvalue weighted by atomic mass is 9.77.